The van der Waals surface area contributed by atoms with Crippen molar-refractivity contribution in [2.45, 2.75) is 44.0 Å². The number of nitrogens with two attached hydrogens (primary N) is 1. The lowest BCUT2D eigenvalue weighted by Gasteiger charge is -2.33. The molecule has 1 fully saturated rings. The van der Waals surface area contributed by atoms with Crippen molar-refractivity contribution >= 4 is 10.0 Å². The van der Waals surface area contributed by atoms with Crippen LogP contribution in [0.25, 0.3) is 0 Å². The molecule has 1 aromatic rings. The molecule has 2 heterocycles. The maximum atomic E-state index is 12.6. The maximum absolute atomic E-state index is 12.6. The van der Waals surface area contributed by atoms with Crippen LogP contribution in [0.1, 0.15) is 30.7 Å². The normalized spacial score (nSPS) is 22.3. The average molecular weight is 273 g/mol. The first kappa shape index (κ1) is 13.5. The van der Waals surface area contributed by atoms with E-state index < -0.39 is 10.0 Å². The molecular formula is C11H19N3O3S. The third kappa shape index (κ3) is 2.17. The SMILES string of the molecule is Cc1noc(C)c1S(=O)(=O)N1CCCCC1CN. The van der Waals surface area contributed by atoms with Gasteiger partial charge in [-0.1, -0.05) is 11.6 Å². The van der Waals surface area contributed by atoms with Crippen molar-refractivity contribution in [3.05, 3.63) is 11.5 Å². The molecule has 0 amide bonds. The summed E-state index contributed by atoms with van der Waals surface area (Å²) < 4.78 is 31.7. The van der Waals surface area contributed by atoms with Gasteiger partial charge in [-0.3, -0.25) is 0 Å². The van der Waals surface area contributed by atoms with Crippen molar-refractivity contribution in [1.82, 2.24) is 9.46 Å². The fraction of sp³-hybridized carbons (Fsp3) is 0.727. The molecule has 1 aliphatic rings. The second-order valence-corrected chi connectivity index (χ2v) is 6.48. The Hall–Kier alpha value is -0.920. The van der Waals surface area contributed by atoms with Gasteiger partial charge in [0.1, 0.15) is 10.6 Å². The molecule has 0 saturated carbocycles. The molecule has 1 saturated heterocycles. The summed E-state index contributed by atoms with van der Waals surface area (Å²) in [5.74, 6) is 0.342. The zero-order valence-corrected chi connectivity index (χ0v) is 11.5. The highest BCUT2D eigenvalue weighted by atomic mass is 32.2. The van der Waals surface area contributed by atoms with Gasteiger partial charge >= 0.3 is 0 Å². The first-order chi connectivity index (χ1) is 8.48. The van der Waals surface area contributed by atoms with Crippen molar-refractivity contribution in [3.63, 3.8) is 0 Å². The third-order valence-electron chi connectivity index (χ3n) is 3.38. The van der Waals surface area contributed by atoms with Gasteiger partial charge in [0, 0.05) is 19.1 Å². The molecule has 102 valence electrons. The molecule has 2 N–H and O–H groups in total. The summed E-state index contributed by atoms with van der Waals surface area (Å²) in [6.45, 7) is 4.13. The number of aromatic nitrogens is 1. The molecule has 7 heteroatoms. The van der Waals surface area contributed by atoms with Crippen LogP contribution in [0.15, 0.2) is 9.42 Å². The quantitative estimate of drug-likeness (QED) is 0.879. The van der Waals surface area contributed by atoms with Gasteiger partial charge in [0.15, 0.2) is 5.76 Å². The fourth-order valence-corrected chi connectivity index (χ4v) is 4.49. The smallest absolute Gasteiger partial charge is 0.248 e. The zero-order valence-electron chi connectivity index (χ0n) is 10.7. The lowest BCUT2D eigenvalue weighted by atomic mass is 10.1. The Kier molecular flexibility index (Phi) is 3.74. The van der Waals surface area contributed by atoms with Gasteiger partial charge in [-0.15, -0.1) is 0 Å². The van der Waals surface area contributed by atoms with E-state index >= 15 is 0 Å². The minimum atomic E-state index is -3.54. The molecule has 6 nitrogen and oxygen atoms in total. The number of piperidine rings is 1. The Morgan fingerprint density at radius 1 is 1.44 bits per heavy atom. The lowest BCUT2D eigenvalue weighted by molar-refractivity contribution is 0.257. The van der Waals surface area contributed by atoms with Crippen LogP contribution in [0.3, 0.4) is 0 Å². The van der Waals surface area contributed by atoms with Crippen molar-refractivity contribution in [3.8, 4) is 0 Å². The first-order valence-electron chi connectivity index (χ1n) is 6.13. The van der Waals surface area contributed by atoms with Gasteiger partial charge in [0.05, 0.1) is 0 Å². The molecule has 2 rings (SSSR count). The average Bonchev–Trinajstić information content (AvgIpc) is 2.69. The molecule has 0 bridgehead atoms. The van der Waals surface area contributed by atoms with Gasteiger partial charge in [-0.25, -0.2) is 8.42 Å². The largest absolute Gasteiger partial charge is 0.360 e. The van der Waals surface area contributed by atoms with Crippen molar-refractivity contribution in [1.29, 1.82) is 0 Å². The Labute approximate surface area is 107 Å². The minimum Gasteiger partial charge on any atom is -0.360 e. The molecule has 1 atom stereocenters. The van der Waals surface area contributed by atoms with Gasteiger partial charge in [-0.2, -0.15) is 4.31 Å². The molecule has 1 unspecified atom stereocenters. The second kappa shape index (κ2) is 4.99. The Balaban J connectivity index is 2.41. The van der Waals surface area contributed by atoms with Crippen LogP contribution in [-0.2, 0) is 10.0 Å². The highest BCUT2D eigenvalue weighted by Gasteiger charge is 2.36. The third-order valence-corrected chi connectivity index (χ3v) is 5.58. The maximum Gasteiger partial charge on any atom is 0.248 e. The van der Waals surface area contributed by atoms with E-state index in [2.05, 4.69) is 5.16 Å². The van der Waals surface area contributed by atoms with Gasteiger partial charge in [0.25, 0.3) is 0 Å². The Morgan fingerprint density at radius 2 is 2.17 bits per heavy atom. The van der Waals surface area contributed by atoms with E-state index in [1.807, 2.05) is 0 Å². The van der Waals surface area contributed by atoms with Gasteiger partial charge in [0.2, 0.25) is 10.0 Å². The highest BCUT2D eigenvalue weighted by molar-refractivity contribution is 7.89. The van der Waals surface area contributed by atoms with E-state index in [0.717, 1.165) is 19.3 Å². The number of rotatable bonds is 3. The molecule has 1 aliphatic heterocycles. The van der Waals surface area contributed by atoms with Crippen molar-refractivity contribution in [2.24, 2.45) is 5.73 Å². The number of sulfonamides is 1. The molecular weight excluding hydrogens is 254 g/mol. The molecule has 0 aliphatic carbocycles. The van der Waals surface area contributed by atoms with E-state index in [1.165, 1.54) is 4.31 Å². The van der Waals surface area contributed by atoms with E-state index in [9.17, 15) is 8.42 Å². The van der Waals surface area contributed by atoms with Crippen LogP contribution in [0.4, 0.5) is 0 Å². The minimum absolute atomic E-state index is 0.113. The standard InChI is InChI=1S/C11H19N3O3S/c1-8-11(9(2)17-13-8)18(15,16)14-6-4-3-5-10(14)7-12/h10H,3-7,12H2,1-2H3. The summed E-state index contributed by atoms with van der Waals surface area (Å²) in [5, 5.41) is 3.72. The van der Waals surface area contributed by atoms with E-state index in [0.29, 0.717) is 24.5 Å². The van der Waals surface area contributed by atoms with Crippen LogP contribution in [-0.4, -0.2) is 37.0 Å². The number of aryl methyl sites for hydroxylation is 2. The predicted octanol–water partition coefficient (Wildman–Crippen LogP) is 0.793. The van der Waals surface area contributed by atoms with Crippen LogP contribution < -0.4 is 5.73 Å². The number of nitrogens with zero attached hydrogens (tertiary/aromatic N) is 2. The molecule has 0 aromatic carbocycles. The summed E-state index contributed by atoms with van der Waals surface area (Å²) in [6.07, 6.45) is 2.72. The van der Waals surface area contributed by atoms with Crippen LogP contribution in [0.5, 0.6) is 0 Å². The molecule has 18 heavy (non-hydrogen) atoms. The fourth-order valence-electron chi connectivity index (χ4n) is 2.49. The second-order valence-electron chi connectivity index (χ2n) is 4.65. The summed E-state index contributed by atoms with van der Waals surface area (Å²) in [6, 6.07) is -0.113. The summed E-state index contributed by atoms with van der Waals surface area (Å²) in [7, 11) is -3.54. The summed E-state index contributed by atoms with van der Waals surface area (Å²) in [4.78, 5) is 0.197. The Bertz CT molecular complexity index is 504. The van der Waals surface area contributed by atoms with Gasteiger partial charge in [-0.05, 0) is 26.7 Å². The van der Waals surface area contributed by atoms with E-state index in [4.69, 9.17) is 10.3 Å². The first-order valence-corrected chi connectivity index (χ1v) is 7.57. The topological polar surface area (TPSA) is 89.4 Å². The summed E-state index contributed by atoms with van der Waals surface area (Å²) >= 11 is 0. The van der Waals surface area contributed by atoms with Crippen LogP contribution in [0, 0.1) is 13.8 Å². The summed E-state index contributed by atoms with van der Waals surface area (Å²) in [5.41, 5.74) is 6.09. The monoisotopic (exact) mass is 273 g/mol. The Morgan fingerprint density at radius 3 is 2.72 bits per heavy atom. The van der Waals surface area contributed by atoms with Crippen LogP contribution >= 0.6 is 0 Å². The molecule has 1 aromatic heterocycles. The molecule has 0 spiro atoms. The van der Waals surface area contributed by atoms with Crippen LogP contribution in [0.2, 0.25) is 0 Å². The van der Waals surface area contributed by atoms with E-state index in [1.54, 1.807) is 13.8 Å². The van der Waals surface area contributed by atoms with Gasteiger partial charge < -0.3 is 10.3 Å². The lowest BCUT2D eigenvalue weighted by Crippen LogP contribution is -2.47. The highest BCUT2D eigenvalue weighted by Crippen LogP contribution is 2.28. The zero-order chi connectivity index (χ0) is 13.3. The molecule has 0 radical (unpaired) electrons. The van der Waals surface area contributed by atoms with E-state index in [-0.39, 0.29) is 10.9 Å². The number of hydrogen-bond acceptors (Lipinski definition) is 5. The van der Waals surface area contributed by atoms with Crippen molar-refractivity contribution < 1.29 is 12.9 Å². The van der Waals surface area contributed by atoms with Crippen molar-refractivity contribution in [2.75, 3.05) is 13.1 Å². The number of hydrogen-bond donors (Lipinski definition) is 1. The predicted molar refractivity (Wildman–Crippen MR) is 66.6 cm³/mol.